The maximum atomic E-state index is 12.6. The number of amides is 1. The van der Waals surface area contributed by atoms with E-state index in [1.807, 2.05) is 54.3 Å². The number of carbonyl (C=O) groups is 1. The van der Waals surface area contributed by atoms with Gasteiger partial charge in [0.2, 0.25) is 5.91 Å². The van der Waals surface area contributed by atoms with Gasteiger partial charge in [0, 0.05) is 31.9 Å². The molecular weight excluding hydrogens is 400 g/mol. The number of hydrogen-bond acceptors (Lipinski definition) is 7. The van der Waals surface area contributed by atoms with E-state index in [1.54, 1.807) is 0 Å². The molecule has 0 radical (unpaired) electrons. The fraction of sp³-hybridized carbons (Fsp3) is 0.318. The third-order valence-corrected chi connectivity index (χ3v) is 5.70. The molecule has 30 heavy (non-hydrogen) atoms. The summed E-state index contributed by atoms with van der Waals surface area (Å²) in [7, 11) is 0. The molecule has 7 nitrogen and oxygen atoms in total. The van der Waals surface area contributed by atoms with Crippen molar-refractivity contribution in [3.63, 3.8) is 0 Å². The van der Waals surface area contributed by atoms with E-state index in [-0.39, 0.29) is 11.7 Å². The highest BCUT2D eigenvalue weighted by molar-refractivity contribution is 7.99. The molecule has 0 bridgehead atoms. The average molecular weight is 425 g/mol. The third-order valence-electron chi connectivity index (χ3n) is 4.90. The lowest BCUT2D eigenvalue weighted by Crippen LogP contribution is -2.49. The molecule has 8 heteroatoms. The van der Waals surface area contributed by atoms with Crippen LogP contribution in [0.15, 0.2) is 64.2 Å². The van der Waals surface area contributed by atoms with Crippen LogP contribution in [0.2, 0.25) is 0 Å². The van der Waals surface area contributed by atoms with Gasteiger partial charge in [0.15, 0.2) is 0 Å². The van der Waals surface area contributed by atoms with Crippen LogP contribution in [0.1, 0.15) is 6.92 Å². The van der Waals surface area contributed by atoms with E-state index >= 15 is 0 Å². The van der Waals surface area contributed by atoms with E-state index in [4.69, 9.17) is 9.15 Å². The zero-order valence-corrected chi connectivity index (χ0v) is 17.7. The lowest BCUT2D eigenvalue weighted by Gasteiger charge is -2.36. The van der Waals surface area contributed by atoms with Gasteiger partial charge in [0.1, 0.15) is 5.75 Å². The maximum absolute atomic E-state index is 12.6. The Labute approximate surface area is 180 Å². The van der Waals surface area contributed by atoms with Gasteiger partial charge < -0.3 is 19.0 Å². The minimum absolute atomic E-state index is 0.0854. The predicted octanol–water partition coefficient (Wildman–Crippen LogP) is 3.58. The summed E-state index contributed by atoms with van der Waals surface area (Å²) >= 11 is 1.27. The number of carbonyl (C=O) groups excluding carboxylic acids is 1. The first-order valence-electron chi connectivity index (χ1n) is 10.0. The van der Waals surface area contributed by atoms with Gasteiger partial charge in [-0.1, -0.05) is 42.1 Å². The van der Waals surface area contributed by atoms with Crippen molar-refractivity contribution in [3.05, 3.63) is 54.6 Å². The van der Waals surface area contributed by atoms with Gasteiger partial charge in [-0.15, -0.1) is 10.2 Å². The molecule has 2 aromatic carbocycles. The van der Waals surface area contributed by atoms with Gasteiger partial charge in [-0.2, -0.15) is 0 Å². The highest BCUT2D eigenvalue weighted by Gasteiger charge is 2.22. The fourth-order valence-corrected chi connectivity index (χ4v) is 4.04. The SMILES string of the molecule is CCOc1ccccc1-c1nnc(SCC(=O)N2CCN(c3ccccc3)CC2)o1. The summed E-state index contributed by atoms with van der Waals surface area (Å²) in [5.41, 5.74) is 1.95. The first kappa shape index (κ1) is 20.3. The van der Waals surface area contributed by atoms with Crippen LogP contribution in [0.5, 0.6) is 5.75 Å². The summed E-state index contributed by atoms with van der Waals surface area (Å²) in [6, 6.07) is 17.8. The highest BCUT2D eigenvalue weighted by atomic mass is 32.2. The Morgan fingerprint density at radius 1 is 1.03 bits per heavy atom. The molecule has 0 saturated carbocycles. The monoisotopic (exact) mass is 424 g/mol. The second-order valence-electron chi connectivity index (χ2n) is 6.79. The molecule has 2 heterocycles. The van der Waals surface area contributed by atoms with Crippen molar-refractivity contribution in [2.45, 2.75) is 12.1 Å². The first-order chi connectivity index (χ1) is 14.7. The number of ether oxygens (including phenoxy) is 1. The molecule has 1 aromatic heterocycles. The zero-order valence-electron chi connectivity index (χ0n) is 16.9. The van der Waals surface area contributed by atoms with Crippen LogP contribution < -0.4 is 9.64 Å². The molecule has 0 atom stereocenters. The van der Waals surface area contributed by atoms with Gasteiger partial charge in [-0.3, -0.25) is 4.79 Å². The number of para-hydroxylation sites is 2. The molecule has 156 valence electrons. The molecule has 4 rings (SSSR count). The summed E-state index contributed by atoms with van der Waals surface area (Å²) in [6.45, 7) is 5.57. The van der Waals surface area contributed by atoms with Crippen LogP contribution in [0.25, 0.3) is 11.5 Å². The van der Waals surface area contributed by atoms with Crippen LogP contribution in [-0.4, -0.2) is 59.5 Å². The number of hydrogen-bond donors (Lipinski definition) is 0. The predicted molar refractivity (Wildman–Crippen MR) is 117 cm³/mol. The number of anilines is 1. The summed E-state index contributed by atoms with van der Waals surface area (Å²) in [5.74, 6) is 1.46. The Balaban J connectivity index is 1.30. The molecule has 3 aromatic rings. The Morgan fingerprint density at radius 3 is 2.53 bits per heavy atom. The van der Waals surface area contributed by atoms with Crippen molar-refractivity contribution >= 4 is 23.4 Å². The van der Waals surface area contributed by atoms with Gasteiger partial charge in [-0.25, -0.2) is 0 Å². The Morgan fingerprint density at radius 2 is 1.77 bits per heavy atom. The number of nitrogens with zero attached hydrogens (tertiary/aromatic N) is 4. The van der Waals surface area contributed by atoms with Crippen molar-refractivity contribution in [2.24, 2.45) is 0 Å². The van der Waals surface area contributed by atoms with E-state index in [9.17, 15) is 4.79 Å². The van der Waals surface area contributed by atoms with Crippen LogP contribution in [0.4, 0.5) is 5.69 Å². The molecule has 0 unspecified atom stereocenters. The zero-order chi connectivity index (χ0) is 20.8. The summed E-state index contributed by atoms with van der Waals surface area (Å²) in [4.78, 5) is 16.8. The van der Waals surface area contributed by atoms with Crippen LogP contribution >= 0.6 is 11.8 Å². The van der Waals surface area contributed by atoms with Crippen molar-refractivity contribution in [1.29, 1.82) is 0 Å². The van der Waals surface area contributed by atoms with Crippen LogP contribution in [-0.2, 0) is 4.79 Å². The number of piperazine rings is 1. The molecule has 1 aliphatic heterocycles. The van der Waals surface area contributed by atoms with Gasteiger partial charge in [-0.05, 0) is 31.2 Å². The molecule has 1 aliphatic rings. The summed E-state index contributed by atoms with van der Waals surface area (Å²) in [5, 5.41) is 8.57. The Hall–Kier alpha value is -3.00. The molecule has 1 saturated heterocycles. The van der Waals surface area contributed by atoms with Gasteiger partial charge in [0.25, 0.3) is 11.1 Å². The minimum Gasteiger partial charge on any atom is -0.493 e. The maximum Gasteiger partial charge on any atom is 0.277 e. The van der Waals surface area contributed by atoms with E-state index in [0.717, 1.165) is 18.7 Å². The average Bonchev–Trinajstić information content (AvgIpc) is 3.28. The van der Waals surface area contributed by atoms with Crippen molar-refractivity contribution in [2.75, 3.05) is 43.4 Å². The fourth-order valence-electron chi connectivity index (χ4n) is 3.37. The number of rotatable bonds is 7. The van der Waals surface area contributed by atoms with E-state index in [1.165, 1.54) is 17.4 Å². The quantitative estimate of drug-likeness (QED) is 0.537. The van der Waals surface area contributed by atoms with Crippen LogP contribution in [0, 0.1) is 0 Å². The molecule has 1 amide bonds. The Kier molecular flexibility index (Phi) is 6.53. The standard InChI is InChI=1S/C22H24N4O3S/c1-2-28-19-11-7-6-10-18(19)21-23-24-22(29-21)30-16-20(27)26-14-12-25(13-15-26)17-8-4-3-5-9-17/h3-11H,2,12-16H2,1H3. The largest absolute Gasteiger partial charge is 0.493 e. The number of benzene rings is 2. The molecule has 0 N–H and O–H groups in total. The summed E-state index contributed by atoms with van der Waals surface area (Å²) in [6.07, 6.45) is 0. The molecule has 0 aliphatic carbocycles. The second kappa shape index (κ2) is 9.67. The third kappa shape index (κ3) is 4.76. The van der Waals surface area contributed by atoms with Crippen molar-refractivity contribution in [1.82, 2.24) is 15.1 Å². The minimum atomic E-state index is 0.0854. The van der Waals surface area contributed by atoms with E-state index in [0.29, 0.717) is 36.6 Å². The number of aromatic nitrogens is 2. The molecule has 0 spiro atoms. The van der Waals surface area contributed by atoms with E-state index < -0.39 is 0 Å². The van der Waals surface area contributed by atoms with Gasteiger partial charge >= 0.3 is 0 Å². The highest BCUT2D eigenvalue weighted by Crippen LogP contribution is 2.30. The van der Waals surface area contributed by atoms with Crippen molar-refractivity contribution in [3.8, 4) is 17.2 Å². The van der Waals surface area contributed by atoms with Crippen molar-refractivity contribution < 1.29 is 13.9 Å². The molecule has 1 fully saturated rings. The Bertz CT molecular complexity index is 971. The van der Waals surface area contributed by atoms with Gasteiger partial charge in [0.05, 0.1) is 17.9 Å². The van der Waals surface area contributed by atoms with E-state index in [2.05, 4.69) is 27.2 Å². The van der Waals surface area contributed by atoms with Crippen LogP contribution in [0.3, 0.4) is 0 Å². The lowest BCUT2D eigenvalue weighted by atomic mass is 10.2. The normalized spacial score (nSPS) is 14.0. The lowest BCUT2D eigenvalue weighted by molar-refractivity contribution is -0.128. The second-order valence-corrected chi connectivity index (χ2v) is 7.72. The topological polar surface area (TPSA) is 71.7 Å². The molecular formula is C22H24N4O3S. The summed E-state index contributed by atoms with van der Waals surface area (Å²) < 4.78 is 11.4. The first-order valence-corrected chi connectivity index (χ1v) is 11.0. The number of thioether (sulfide) groups is 1. The smallest absolute Gasteiger partial charge is 0.277 e.